The molecule has 4 aliphatic rings. The minimum absolute atomic E-state index is 0.185. The van der Waals surface area contributed by atoms with Crippen molar-refractivity contribution in [1.82, 2.24) is 14.8 Å². The number of hydrogen-bond donors (Lipinski definition) is 0. The van der Waals surface area contributed by atoms with Crippen molar-refractivity contribution >= 4 is 23.2 Å². The number of hydrogen-bond acceptors (Lipinski definition) is 4. The number of carbonyl (C=O) groups is 2. The summed E-state index contributed by atoms with van der Waals surface area (Å²) in [5.41, 5.74) is 3.68. The summed E-state index contributed by atoms with van der Waals surface area (Å²) in [6, 6.07) is 10.7. The predicted molar refractivity (Wildman–Crippen MR) is 124 cm³/mol. The van der Waals surface area contributed by atoms with Gasteiger partial charge in [-0.3, -0.25) is 9.59 Å². The minimum Gasteiger partial charge on any atom is -0.342 e. The summed E-state index contributed by atoms with van der Waals surface area (Å²) in [5, 5.41) is 0. The highest BCUT2D eigenvalue weighted by molar-refractivity contribution is 7.09. The molecule has 3 heterocycles. The molecule has 6 heteroatoms. The van der Waals surface area contributed by atoms with E-state index in [4.69, 9.17) is 0 Å². The molecule has 1 aromatic heterocycles. The molecule has 2 saturated carbocycles. The Morgan fingerprint density at radius 2 is 1.75 bits per heavy atom. The van der Waals surface area contributed by atoms with Gasteiger partial charge in [0.1, 0.15) is 0 Å². The fourth-order valence-corrected chi connectivity index (χ4v) is 7.69. The highest BCUT2D eigenvalue weighted by Gasteiger charge is 2.64. The number of amides is 2. The van der Waals surface area contributed by atoms with E-state index in [1.807, 2.05) is 23.7 Å². The van der Waals surface area contributed by atoms with Gasteiger partial charge < -0.3 is 9.80 Å². The number of β-lactam (4-membered cyclic amide) rings is 1. The lowest BCUT2D eigenvalue weighted by Crippen LogP contribution is -2.66. The van der Waals surface area contributed by atoms with E-state index in [1.165, 1.54) is 4.88 Å². The van der Waals surface area contributed by atoms with Crippen LogP contribution in [-0.4, -0.2) is 45.7 Å². The van der Waals surface area contributed by atoms with Gasteiger partial charge in [0.25, 0.3) is 0 Å². The van der Waals surface area contributed by atoms with Crippen molar-refractivity contribution in [2.45, 2.75) is 75.8 Å². The lowest BCUT2D eigenvalue weighted by molar-refractivity contribution is -0.180. The second kappa shape index (κ2) is 7.41. The van der Waals surface area contributed by atoms with Gasteiger partial charge in [-0.1, -0.05) is 43.2 Å². The molecule has 2 amide bonds. The van der Waals surface area contributed by atoms with Crippen molar-refractivity contribution in [2.75, 3.05) is 13.1 Å². The molecule has 1 atom stereocenters. The molecular weight excluding hydrogens is 418 g/mol. The number of piperidine rings is 1. The summed E-state index contributed by atoms with van der Waals surface area (Å²) in [7, 11) is 0. The average molecular weight is 450 g/mol. The number of rotatable bonds is 4. The molecule has 0 bridgehead atoms. The Labute approximate surface area is 193 Å². The average Bonchev–Trinajstić information content (AvgIpc) is 3.28. The van der Waals surface area contributed by atoms with Crippen LogP contribution in [0.2, 0.25) is 0 Å². The first-order chi connectivity index (χ1) is 15.6. The zero-order valence-electron chi connectivity index (χ0n) is 18.8. The van der Waals surface area contributed by atoms with E-state index in [0.29, 0.717) is 11.8 Å². The van der Waals surface area contributed by atoms with E-state index < -0.39 is 0 Å². The molecule has 1 unspecified atom stereocenters. The maximum absolute atomic E-state index is 13.5. The van der Waals surface area contributed by atoms with E-state index in [1.54, 1.807) is 11.3 Å². The molecule has 6 rings (SSSR count). The topological polar surface area (TPSA) is 53.5 Å². The van der Waals surface area contributed by atoms with Crippen LogP contribution in [0.15, 0.2) is 35.8 Å². The maximum Gasteiger partial charge on any atom is 0.233 e. The van der Waals surface area contributed by atoms with Crippen molar-refractivity contribution in [1.29, 1.82) is 0 Å². The van der Waals surface area contributed by atoms with E-state index in [2.05, 4.69) is 33.8 Å². The van der Waals surface area contributed by atoms with Crippen LogP contribution >= 0.6 is 11.3 Å². The van der Waals surface area contributed by atoms with Crippen molar-refractivity contribution < 1.29 is 9.59 Å². The number of benzene rings is 1. The van der Waals surface area contributed by atoms with Gasteiger partial charge >= 0.3 is 0 Å². The fourth-order valence-electron chi connectivity index (χ4n) is 6.67. The third-order valence-electron chi connectivity index (χ3n) is 8.62. The van der Waals surface area contributed by atoms with E-state index in [0.717, 1.165) is 75.7 Å². The molecule has 0 radical (unpaired) electrons. The zero-order valence-corrected chi connectivity index (χ0v) is 19.6. The molecule has 1 spiro atoms. The van der Waals surface area contributed by atoms with Gasteiger partial charge in [-0.2, -0.15) is 0 Å². The van der Waals surface area contributed by atoms with Crippen LogP contribution in [0.4, 0.5) is 0 Å². The monoisotopic (exact) mass is 449 g/mol. The smallest absolute Gasteiger partial charge is 0.233 e. The molecule has 2 saturated heterocycles. The molecule has 2 aromatic rings. The van der Waals surface area contributed by atoms with Crippen LogP contribution in [0.5, 0.6) is 0 Å². The minimum atomic E-state index is -0.295. The predicted octanol–water partition coefficient (Wildman–Crippen LogP) is 4.62. The molecular formula is C26H31N3O2S. The highest BCUT2D eigenvalue weighted by Crippen LogP contribution is 2.61. The van der Waals surface area contributed by atoms with Crippen molar-refractivity contribution in [3.63, 3.8) is 0 Å². The van der Waals surface area contributed by atoms with Crippen molar-refractivity contribution in [2.24, 2.45) is 5.41 Å². The largest absolute Gasteiger partial charge is 0.342 e. The second-order valence-corrected chi connectivity index (χ2v) is 11.1. The lowest BCUT2D eigenvalue weighted by Gasteiger charge is -2.58. The van der Waals surface area contributed by atoms with Crippen LogP contribution in [0.3, 0.4) is 0 Å². The summed E-state index contributed by atoms with van der Waals surface area (Å²) in [6.07, 6.45) is 8.01. The Kier molecular flexibility index (Phi) is 4.72. The normalized spacial score (nSPS) is 26.4. The van der Waals surface area contributed by atoms with Gasteiger partial charge in [0.2, 0.25) is 11.8 Å². The summed E-state index contributed by atoms with van der Waals surface area (Å²) in [6.45, 7) is 3.59. The number of aromatic nitrogens is 1. The number of aryl methyl sites for hydroxylation is 1. The Balaban J connectivity index is 1.18. The number of carbonyl (C=O) groups excluding carboxylic acids is 2. The Morgan fingerprint density at radius 1 is 1.06 bits per heavy atom. The van der Waals surface area contributed by atoms with Gasteiger partial charge in [0.15, 0.2) is 0 Å². The van der Waals surface area contributed by atoms with Gasteiger partial charge in [0, 0.05) is 19.1 Å². The van der Waals surface area contributed by atoms with Crippen LogP contribution in [0.1, 0.15) is 73.5 Å². The Hall–Kier alpha value is -2.21. The standard InChI is InChI=1S/C26H31N3O2S/c1-18-21(32-17-27-18)22-26(11-5-6-12-26)24(31)29(22)20-9-15-28(16-10-20)23(30)25(13-14-25)19-7-3-2-4-8-19/h2-4,7-8,17,20,22H,5-6,9-16H2,1H3. The molecule has 1 aromatic carbocycles. The quantitative estimate of drug-likeness (QED) is 0.640. The Morgan fingerprint density at radius 3 is 2.34 bits per heavy atom. The van der Waals surface area contributed by atoms with Crippen LogP contribution < -0.4 is 0 Å². The highest BCUT2D eigenvalue weighted by atomic mass is 32.1. The Bertz CT molecular complexity index is 1030. The van der Waals surface area contributed by atoms with E-state index >= 15 is 0 Å². The van der Waals surface area contributed by atoms with E-state index in [-0.39, 0.29) is 22.9 Å². The molecule has 5 nitrogen and oxygen atoms in total. The summed E-state index contributed by atoms with van der Waals surface area (Å²) < 4.78 is 0. The number of thiazole rings is 1. The number of nitrogens with zero attached hydrogens (tertiary/aromatic N) is 3. The maximum atomic E-state index is 13.5. The van der Waals surface area contributed by atoms with Crippen LogP contribution in [-0.2, 0) is 15.0 Å². The van der Waals surface area contributed by atoms with Crippen LogP contribution in [0.25, 0.3) is 0 Å². The summed E-state index contributed by atoms with van der Waals surface area (Å²) in [4.78, 5) is 37.0. The molecule has 168 valence electrons. The van der Waals surface area contributed by atoms with Crippen molar-refractivity contribution in [3.8, 4) is 0 Å². The SMILES string of the molecule is Cc1ncsc1C1N(C2CCN(C(=O)C3(c4ccccc4)CC3)CC2)C(=O)C12CCCC2. The van der Waals surface area contributed by atoms with Crippen molar-refractivity contribution in [3.05, 3.63) is 52.0 Å². The summed E-state index contributed by atoms with van der Waals surface area (Å²) in [5.74, 6) is 0.653. The molecule has 2 aliphatic carbocycles. The zero-order chi connectivity index (χ0) is 21.9. The number of likely N-dealkylation sites (tertiary alicyclic amines) is 2. The second-order valence-electron chi connectivity index (χ2n) is 10.3. The van der Waals surface area contributed by atoms with E-state index in [9.17, 15) is 9.59 Å². The lowest BCUT2D eigenvalue weighted by atomic mass is 9.67. The molecule has 32 heavy (non-hydrogen) atoms. The summed E-state index contributed by atoms with van der Waals surface area (Å²) >= 11 is 1.71. The third-order valence-corrected chi connectivity index (χ3v) is 9.60. The van der Waals surface area contributed by atoms with Gasteiger partial charge in [-0.15, -0.1) is 11.3 Å². The first kappa shape index (κ1) is 20.4. The third kappa shape index (κ3) is 2.84. The fraction of sp³-hybridized carbons (Fsp3) is 0.577. The molecule has 4 fully saturated rings. The molecule has 0 N–H and O–H groups in total. The van der Waals surface area contributed by atoms with Gasteiger partial charge in [0.05, 0.1) is 33.0 Å². The first-order valence-electron chi connectivity index (χ1n) is 12.1. The van der Waals surface area contributed by atoms with Gasteiger partial charge in [-0.05, 0) is 51.0 Å². The molecule has 2 aliphatic heterocycles. The van der Waals surface area contributed by atoms with Crippen LogP contribution in [0, 0.1) is 12.3 Å². The van der Waals surface area contributed by atoms with Gasteiger partial charge in [-0.25, -0.2) is 4.98 Å². The first-order valence-corrected chi connectivity index (χ1v) is 13.0.